The molecule has 188 valence electrons. The highest BCUT2D eigenvalue weighted by Gasteiger charge is 2.48. The molecular weight excluding hydrogens is 505 g/mol. The van der Waals surface area contributed by atoms with Crippen LogP contribution in [0.3, 0.4) is 0 Å². The van der Waals surface area contributed by atoms with Crippen molar-refractivity contribution in [1.29, 1.82) is 0 Å². The first-order valence-electron chi connectivity index (χ1n) is 10.3. The third kappa shape index (κ3) is 7.70. The van der Waals surface area contributed by atoms with Crippen molar-refractivity contribution in [1.82, 2.24) is 5.32 Å². The second-order valence-electron chi connectivity index (χ2n) is 7.51. The van der Waals surface area contributed by atoms with Crippen LogP contribution in [0.5, 0.6) is 0 Å². The van der Waals surface area contributed by atoms with E-state index in [0.29, 0.717) is 21.4 Å². The van der Waals surface area contributed by atoms with Crippen LogP contribution in [0, 0.1) is 0 Å². The molecule has 0 aromatic heterocycles. The third-order valence-electron chi connectivity index (χ3n) is 4.87. The van der Waals surface area contributed by atoms with E-state index in [-0.39, 0.29) is 0 Å². The number of hydrogen-bond acceptors (Lipinski definition) is 8. The highest BCUT2D eigenvalue weighted by Crippen LogP contribution is 2.24. The fourth-order valence-electron chi connectivity index (χ4n) is 3.25. The van der Waals surface area contributed by atoms with Gasteiger partial charge in [-0.25, -0.2) is 9.59 Å². The number of ether oxygens (including phenoxy) is 3. The molecular formula is C22H23Cl2N3O8. The molecule has 0 aliphatic carbocycles. The number of carbonyl (C=O) groups excluding carboxylic acids is 3. The number of nitrogens with one attached hydrogen (secondary N) is 3. The van der Waals surface area contributed by atoms with Gasteiger partial charge in [-0.2, -0.15) is 0 Å². The molecule has 1 fully saturated rings. The van der Waals surface area contributed by atoms with Gasteiger partial charge in [0.05, 0.1) is 0 Å². The van der Waals surface area contributed by atoms with Crippen molar-refractivity contribution in [2.24, 2.45) is 0 Å². The van der Waals surface area contributed by atoms with Crippen molar-refractivity contribution in [3.05, 3.63) is 58.6 Å². The van der Waals surface area contributed by atoms with Gasteiger partial charge in [0.1, 0.15) is 24.9 Å². The van der Waals surface area contributed by atoms with Gasteiger partial charge in [0.15, 0.2) is 12.4 Å². The number of rotatable bonds is 6. The molecule has 1 aliphatic heterocycles. The van der Waals surface area contributed by atoms with E-state index in [4.69, 9.17) is 37.4 Å². The molecule has 5 atom stereocenters. The Kier molecular flexibility index (Phi) is 9.13. The molecule has 13 heteroatoms. The summed E-state index contributed by atoms with van der Waals surface area (Å²) in [6.07, 6.45) is -7.80. The maximum absolute atomic E-state index is 12.4. The summed E-state index contributed by atoms with van der Waals surface area (Å²) in [4.78, 5) is 36.1. The molecule has 0 radical (unpaired) electrons. The summed E-state index contributed by atoms with van der Waals surface area (Å²) in [5, 5.41) is 29.4. The zero-order valence-electron chi connectivity index (χ0n) is 18.3. The first-order valence-corrected chi connectivity index (χ1v) is 11.1. The summed E-state index contributed by atoms with van der Waals surface area (Å²) in [7, 11) is 0. The van der Waals surface area contributed by atoms with Crippen molar-refractivity contribution in [2.75, 3.05) is 17.2 Å². The monoisotopic (exact) mass is 527 g/mol. The topological polar surface area (TPSA) is 155 Å². The fourth-order valence-corrected chi connectivity index (χ4v) is 3.50. The van der Waals surface area contributed by atoms with E-state index in [1.807, 2.05) is 0 Å². The van der Waals surface area contributed by atoms with Gasteiger partial charge in [0.2, 0.25) is 5.91 Å². The van der Waals surface area contributed by atoms with E-state index in [0.717, 1.165) is 0 Å². The van der Waals surface area contributed by atoms with Crippen molar-refractivity contribution in [3.8, 4) is 0 Å². The third-order valence-corrected chi connectivity index (χ3v) is 5.37. The Bertz CT molecular complexity index is 1040. The van der Waals surface area contributed by atoms with Gasteiger partial charge in [-0.1, -0.05) is 23.2 Å². The second-order valence-corrected chi connectivity index (χ2v) is 8.39. The number of benzene rings is 2. The van der Waals surface area contributed by atoms with Crippen molar-refractivity contribution >= 4 is 52.7 Å². The smallest absolute Gasteiger partial charge is 0.412 e. The van der Waals surface area contributed by atoms with Gasteiger partial charge >= 0.3 is 12.2 Å². The molecule has 2 aromatic rings. The normalized spacial score (nSPS) is 23.6. The molecule has 5 N–H and O–H groups in total. The maximum atomic E-state index is 12.4. The number of carbonyl (C=O) groups is 3. The van der Waals surface area contributed by atoms with Crippen LogP contribution in [-0.4, -0.2) is 65.6 Å². The van der Waals surface area contributed by atoms with Crippen molar-refractivity contribution in [3.63, 3.8) is 0 Å². The summed E-state index contributed by atoms with van der Waals surface area (Å²) < 4.78 is 15.7. The number of halogens is 2. The van der Waals surface area contributed by atoms with Crippen LogP contribution in [-0.2, 0) is 19.0 Å². The van der Waals surface area contributed by atoms with E-state index >= 15 is 0 Å². The van der Waals surface area contributed by atoms with Crippen LogP contribution in [0.1, 0.15) is 6.92 Å². The number of amides is 3. The minimum absolute atomic E-state index is 0.358. The van der Waals surface area contributed by atoms with Gasteiger partial charge in [0, 0.05) is 28.3 Å². The molecule has 0 bridgehead atoms. The largest absolute Gasteiger partial charge is 0.446 e. The number of hydrogen-bond donors (Lipinski definition) is 5. The fraction of sp³-hybridized carbons (Fsp3) is 0.318. The molecule has 1 saturated heterocycles. The van der Waals surface area contributed by atoms with E-state index in [9.17, 15) is 24.6 Å². The average molecular weight is 528 g/mol. The average Bonchev–Trinajstić information content (AvgIpc) is 2.80. The number of aliphatic hydroxyl groups excluding tert-OH is 2. The van der Waals surface area contributed by atoms with Crippen LogP contribution < -0.4 is 16.0 Å². The lowest BCUT2D eigenvalue weighted by Crippen LogP contribution is -2.65. The lowest BCUT2D eigenvalue weighted by Gasteiger charge is -2.42. The lowest BCUT2D eigenvalue weighted by molar-refractivity contribution is -0.252. The standard InChI is InChI=1S/C22H23Cl2N3O8/c1-11(28)25-17-19(35-22(32)27-15-8-4-13(24)5-9-15)18(29)16(34-20(17)30)10-33-21(31)26-14-6-2-12(23)3-7-14/h2-9,16-20,29-30H,10H2,1H3,(H,25,28)(H,26,31)(H,27,32)/t16-,17-,18-,19-,20-/m1/s1. The first kappa shape index (κ1) is 26.5. The molecule has 11 nitrogen and oxygen atoms in total. The van der Waals surface area contributed by atoms with Crippen LogP contribution in [0.2, 0.25) is 10.0 Å². The van der Waals surface area contributed by atoms with E-state index in [1.54, 1.807) is 36.4 Å². The zero-order chi connectivity index (χ0) is 25.5. The number of anilines is 2. The molecule has 1 aliphatic rings. The minimum Gasteiger partial charge on any atom is -0.446 e. The lowest BCUT2D eigenvalue weighted by atomic mass is 9.96. The SMILES string of the molecule is CC(=O)N[C@@H]1[C@@H](OC(=O)Nc2ccc(Cl)cc2)[C@H](O)[C@@H](COC(=O)Nc2ccc(Cl)cc2)O[C@H]1O. The van der Waals surface area contributed by atoms with E-state index < -0.39 is 55.3 Å². The van der Waals surface area contributed by atoms with Crippen LogP contribution in [0.4, 0.5) is 21.0 Å². The molecule has 0 spiro atoms. The van der Waals surface area contributed by atoms with Gasteiger partial charge < -0.3 is 29.7 Å². The second kappa shape index (κ2) is 12.0. The van der Waals surface area contributed by atoms with Gasteiger partial charge in [0.25, 0.3) is 0 Å². The molecule has 35 heavy (non-hydrogen) atoms. The predicted molar refractivity (Wildman–Crippen MR) is 126 cm³/mol. The van der Waals surface area contributed by atoms with Crippen LogP contribution in [0.15, 0.2) is 48.5 Å². The zero-order valence-corrected chi connectivity index (χ0v) is 19.8. The Morgan fingerprint density at radius 3 is 1.94 bits per heavy atom. The first-order chi connectivity index (χ1) is 16.6. The molecule has 0 saturated carbocycles. The van der Waals surface area contributed by atoms with Gasteiger partial charge in [-0.05, 0) is 48.5 Å². The molecule has 0 unspecified atom stereocenters. The van der Waals surface area contributed by atoms with E-state index in [1.165, 1.54) is 19.1 Å². The Morgan fingerprint density at radius 2 is 1.43 bits per heavy atom. The van der Waals surface area contributed by atoms with E-state index in [2.05, 4.69) is 16.0 Å². The quantitative estimate of drug-likeness (QED) is 0.384. The minimum atomic E-state index is -1.68. The molecule has 3 amide bonds. The summed E-state index contributed by atoms with van der Waals surface area (Å²) in [6, 6.07) is 11.1. The van der Waals surface area contributed by atoms with Gasteiger partial charge in [-0.15, -0.1) is 0 Å². The highest BCUT2D eigenvalue weighted by molar-refractivity contribution is 6.30. The summed E-state index contributed by atoms with van der Waals surface area (Å²) >= 11 is 11.6. The van der Waals surface area contributed by atoms with Gasteiger partial charge in [-0.3, -0.25) is 15.4 Å². The Balaban J connectivity index is 1.64. The summed E-state index contributed by atoms with van der Waals surface area (Å²) in [6.45, 7) is 0.684. The summed E-state index contributed by atoms with van der Waals surface area (Å²) in [5.41, 5.74) is 0.770. The van der Waals surface area contributed by atoms with Crippen LogP contribution >= 0.6 is 23.2 Å². The van der Waals surface area contributed by atoms with Crippen molar-refractivity contribution < 1.29 is 38.8 Å². The highest BCUT2D eigenvalue weighted by atomic mass is 35.5. The predicted octanol–water partition coefficient (Wildman–Crippen LogP) is 2.74. The summed E-state index contributed by atoms with van der Waals surface area (Å²) in [5.74, 6) is -0.561. The molecule has 3 rings (SSSR count). The molecule has 2 aromatic carbocycles. The Labute approximate surface area is 210 Å². The van der Waals surface area contributed by atoms with Crippen molar-refractivity contribution in [2.45, 2.75) is 37.6 Å². The Morgan fingerprint density at radius 1 is 0.914 bits per heavy atom. The number of aliphatic hydroxyl groups is 2. The Hall–Kier alpha value is -3.09. The molecule has 1 heterocycles. The van der Waals surface area contributed by atoms with Crippen LogP contribution in [0.25, 0.3) is 0 Å². The maximum Gasteiger partial charge on any atom is 0.412 e.